The zero-order chi connectivity index (χ0) is 23.2. The van der Waals surface area contributed by atoms with E-state index in [4.69, 9.17) is 9.15 Å². The monoisotopic (exact) mass is 482 g/mol. The summed E-state index contributed by atoms with van der Waals surface area (Å²) in [5.41, 5.74) is 3.04. The average molecular weight is 483 g/mol. The number of rotatable bonds is 4. The lowest BCUT2D eigenvalue weighted by atomic mass is 9.90. The van der Waals surface area contributed by atoms with Crippen LogP contribution in [0, 0.1) is 0 Å². The Morgan fingerprint density at radius 2 is 2.00 bits per heavy atom. The van der Waals surface area contributed by atoms with Crippen LogP contribution < -0.4 is 15.4 Å². The van der Waals surface area contributed by atoms with Gasteiger partial charge < -0.3 is 13.9 Å². The summed E-state index contributed by atoms with van der Waals surface area (Å²) in [5.74, 6) is 1.09. The second kappa shape index (κ2) is 8.48. The SMILES string of the molecule is COC(=O)c1ccc(Cn2nnc3c(sc4[nH+]c(N5CCOCC5)c5c(c43)CCCC5)c2=O)o1. The number of nitrogens with one attached hydrogen (secondary N) is 1. The number of fused-ring (bicyclic) bond motifs is 5. The summed E-state index contributed by atoms with van der Waals surface area (Å²) in [4.78, 5) is 32.0. The molecule has 1 fully saturated rings. The van der Waals surface area contributed by atoms with Gasteiger partial charge in [-0.3, -0.25) is 9.69 Å². The lowest BCUT2D eigenvalue weighted by molar-refractivity contribution is -0.328. The highest BCUT2D eigenvalue weighted by Gasteiger charge is 2.31. The zero-order valence-electron chi connectivity index (χ0n) is 18.8. The Morgan fingerprint density at radius 3 is 2.79 bits per heavy atom. The average Bonchev–Trinajstić information content (AvgIpc) is 3.50. The number of furan rings is 1. The van der Waals surface area contributed by atoms with Gasteiger partial charge in [-0.25, -0.2) is 14.5 Å². The molecular formula is C23H24N5O5S+. The van der Waals surface area contributed by atoms with E-state index in [0.29, 0.717) is 29.2 Å². The molecule has 0 saturated carbocycles. The van der Waals surface area contributed by atoms with Crippen molar-refractivity contribution in [2.24, 2.45) is 0 Å². The third-order valence-corrected chi connectivity index (χ3v) is 7.62. The molecule has 176 valence electrons. The van der Waals surface area contributed by atoms with Crippen molar-refractivity contribution in [2.75, 3.05) is 38.3 Å². The first-order chi connectivity index (χ1) is 16.6. The number of hydrogen-bond acceptors (Lipinski definition) is 9. The van der Waals surface area contributed by atoms with Gasteiger partial charge in [0.15, 0.2) is 4.83 Å². The van der Waals surface area contributed by atoms with Crippen LogP contribution in [-0.2, 0) is 28.9 Å². The predicted molar refractivity (Wildman–Crippen MR) is 125 cm³/mol. The molecule has 0 aromatic carbocycles. The fourth-order valence-electron chi connectivity index (χ4n) is 4.89. The summed E-state index contributed by atoms with van der Waals surface area (Å²) < 4.78 is 17.6. The number of pyridine rings is 1. The molecule has 4 aromatic rings. The highest BCUT2D eigenvalue weighted by molar-refractivity contribution is 7.25. The minimum absolute atomic E-state index is 0.0772. The molecule has 1 aliphatic carbocycles. The highest BCUT2D eigenvalue weighted by Crippen LogP contribution is 2.38. The van der Waals surface area contributed by atoms with Crippen LogP contribution in [-0.4, -0.2) is 54.4 Å². The van der Waals surface area contributed by atoms with Gasteiger partial charge in [-0.15, -0.1) is 5.10 Å². The van der Waals surface area contributed by atoms with E-state index in [1.807, 2.05) is 0 Å². The lowest BCUT2D eigenvalue weighted by Gasteiger charge is -2.25. The number of morpholine rings is 1. The maximum Gasteiger partial charge on any atom is 0.373 e. The van der Waals surface area contributed by atoms with E-state index in [1.54, 1.807) is 6.07 Å². The van der Waals surface area contributed by atoms with E-state index >= 15 is 0 Å². The van der Waals surface area contributed by atoms with Gasteiger partial charge in [0.25, 0.3) is 11.4 Å². The molecule has 11 heteroatoms. The van der Waals surface area contributed by atoms with Crippen molar-refractivity contribution in [1.29, 1.82) is 0 Å². The molecule has 0 radical (unpaired) electrons. The number of aromatic amines is 1. The number of aromatic nitrogens is 4. The summed E-state index contributed by atoms with van der Waals surface area (Å²) in [6.45, 7) is 3.21. The van der Waals surface area contributed by atoms with E-state index in [2.05, 4.69) is 24.9 Å². The standard InChI is InChI=1S/C23H23N5O5S/c1-31-23(30)16-7-6-13(33-16)12-28-22(29)19-18(25-26-28)17-14-4-2-3-5-15(14)20(24-21(17)34-19)27-8-10-32-11-9-27/h6-7H,2-5,8-12H2,1H3/p+1. The Labute approximate surface area is 198 Å². The predicted octanol–water partition coefficient (Wildman–Crippen LogP) is 1.96. The Balaban J connectivity index is 1.45. The number of thiophene rings is 1. The van der Waals surface area contributed by atoms with E-state index in [9.17, 15) is 9.59 Å². The fraction of sp³-hybridized carbons (Fsp3) is 0.435. The molecular weight excluding hydrogens is 458 g/mol. The second-order valence-electron chi connectivity index (χ2n) is 8.53. The maximum absolute atomic E-state index is 13.4. The van der Waals surface area contributed by atoms with Gasteiger partial charge in [0.2, 0.25) is 5.76 Å². The number of aryl methyl sites for hydroxylation is 1. The van der Waals surface area contributed by atoms with Crippen molar-refractivity contribution in [3.05, 3.63) is 45.1 Å². The Morgan fingerprint density at radius 1 is 1.21 bits per heavy atom. The van der Waals surface area contributed by atoms with Crippen LogP contribution in [0.5, 0.6) is 0 Å². The third-order valence-electron chi connectivity index (χ3n) is 6.53. The van der Waals surface area contributed by atoms with E-state index in [-0.39, 0.29) is 17.9 Å². The van der Waals surface area contributed by atoms with Crippen molar-refractivity contribution in [1.82, 2.24) is 15.0 Å². The molecule has 34 heavy (non-hydrogen) atoms. The number of hydrogen-bond donors (Lipinski definition) is 0. The van der Waals surface area contributed by atoms with E-state index in [0.717, 1.165) is 54.8 Å². The quantitative estimate of drug-likeness (QED) is 0.406. The van der Waals surface area contributed by atoms with Gasteiger partial charge in [-0.05, 0) is 43.4 Å². The first-order valence-electron chi connectivity index (χ1n) is 11.4. The molecule has 2 aliphatic rings. The highest BCUT2D eigenvalue weighted by atomic mass is 32.1. The Bertz CT molecular complexity index is 1470. The minimum atomic E-state index is -0.568. The van der Waals surface area contributed by atoms with Crippen molar-refractivity contribution >= 4 is 43.6 Å². The number of ether oxygens (including phenoxy) is 2. The molecule has 0 unspecified atom stereocenters. The fourth-order valence-corrected chi connectivity index (χ4v) is 6.00. The van der Waals surface area contributed by atoms with E-state index < -0.39 is 5.97 Å². The topological polar surface area (TPSA) is 114 Å². The Kier molecular flexibility index (Phi) is 5.30. The summed E-state index contributed by atoms with van der Waals surface area (Å²) in [5, 5.41) is 9.70. The van der Waals surface area contributed by atoms with Gasteiger partial charge in [0.1, 0.15) is 35.6 Å². The van der Waals surface area contributed by atoms with Crippen molar-refractivity contribution in [3.8, 4) is 0 Å². The van der Waals surface area contributed by atoms with Crippen molar-refractivity contribution in [2.45, 2.75) is 32.2 Å². The normalized spacial score (nSPS) is 16.2. The first-order valence-corrected chi connectivity index (χ1v) is 12.2. The second-order valence-corrected chi connectivity index (χ2v) is 9.55. The summed E-state index contributed by atoms with van der Waals surface area (Å²) in [7, 11) is 1.29. The van der Waals surface area contributed by atoms with Crippen LogP contribution in [0.25, 0.3) is 20.4 Å². The number of methoxy groups -OCH3 is 1. The van der Waals surface area contributed by atoms with Crippen LogP contribution in [0.4, 0.5) is 5.82 Å². The minimum Gasteiger partial charge on any atom is -0.463 e. The molecule has 5 heterocycles. The smallest absolute Gasteiger partial charge is 0.373 e. The molecule has 1 N–H and O–H groups in total. The molecule has 0 bridgehead atoms. The molecule has 1 aliphatic heterocycles. The van der Waals surface area contributed by atoms with Crippen molar-refractivity contribution in [3.63, 3.8) is 0 Å². The summed E-state index contributed by atoms with van der Waals surface area (Å²) in [6.07, 6.45) is 4.26. The molecule has 4 aromatic heterocycles. The molecule has 6 rings (SSSR count). The number of H-pyrrole nitrogens is 1. The molecule has 1 saturated heterocycles. The maximum atomic E-state index is 13.4. The number of nitrogens with zero attached hydrogens (tertiary/aromatic N) is 4. The van der Waals surface area contributed by atoms with Gasteiger partial charge >= 0.3 is 5.97 Å². The molecule has 0 spiro atoms. The van der Waals surface area contributed by atoms with Gasteiger partial charge in [0.05, 0.1) is 25.7 Å². The molecule has 0 amide bonds. The van der Waals surface area contributed by atoms with Gasteiger partial charge in [0, 0.05) is 5.56 Å². The van der Waals surface area contributed by atoms with Crippen LogP contribution in [0.3, 0.4) is 0 Å². The van der Waals surface area contributed by atoms with Gasteiger partial charge in [-0.1, -0.05) is 16.6 Å². The lowest BCUT2D eigenvalue weighted by Crippen LogP contribution is -2.40. The van der Waals surface area contributed by atoms with Gasteiger partial charge in [-0.2, -0.15) is 0 Å². The summed E-state index contributed by atoms with van der Waals surface area (Å²) >= 11 is 1.42. The number of esters is 1. The zero-order valence-corrected chi connectivity index (χ0v) is 19.6. The summed E-state index contributed by atoms with van der Waals surface area (Å²) in [6, 6.07) is 3.15. The van der Waals surface area contributed by atoms with Crippen LogP contribution in [0.15, 0.2) is 21.3 Å². The molecule has 0 atom stereocenters. The number of carbonyl (C=O) groups excluding carboxylic acids is 1. The number of carbonyl (C=O) groups is 1. The van der Waals surface area contributed by atoms with Crippen LogP contribution in [0.2, 0.25) is 0 Å². The van der Waals surface area contributed by atoms with Crippen LogP contribution >= 0.6 is 11.3 Å². The van der Waals surface area contributed by atoms with E-state index in [1.165, 1.54) is 40.3 Å². The largest absolute Gasteiger partial charge is 0.463 e. The van der Waals surface area contributed by atoms with Crippen molar-refractivity contribution < 1.29 is 23.7 Å². The molecule has 10 nitrogen and oxygen atoms in total. The Hall–Kier alpha value is -3.31. The van der Waals surface area contributed by atoms with Crippen LogP contribution in [0.1, 0.15) is 40.3 Å². The number of anilines is 1. The first kappa shape index (κ1) is 21.2. The third kappa shape index (κ3) is 3.46.